The molecular formula is C11H17N3O5S. The lowest BCUT2D eigenvalue weighted by Crippen LogP contribution is -2.30. The van der Waals surface area contributed by atoms with E-state index in [4.69, 9.17) is 5.11 Å². The average Bonchev–Trinajstić information content (AvgIpc) is 2.67. The number of Topliss-reactive ketones (excluding diaryl/α,β-unsaturated/α-hetero) is 1. The van der Waals surface area contributed by atoms with Gasteiger partial charge in [-0.25, -0.2) is 13.1 Å². The Bertz CT molecular complexity index is 586. The predicted octanol–water partition coefficient (Wildman–Crippen LogP) is 0.129. The Balaban J connectivity index is 2.56. The molecule has 20 heavy (non-hydrogen) atoms. The summed E-state index contributed by atoms with van der Waals surface area (Å²) in [5.41, 5.74) is 0.724. The zero-order valence-electron chi connectivity index (χ0n) is 11.3. The van der Waals surface area contributed by atoms with Crippen molar-refractivity contribution >= 4 is 21.8 Å². The third-order valence-corrected chi connectivity index (χ3v) is 4.30. The first-order valence-corrected chi connectivity index (χ1v) is 7.47. The Hall–Kier alpha value is -1.74. The van der Waals surface area contributed by atoms with Crippen LogP contribution in [-0.2, 0) is 19.6 Å². The number of nitrogens with zero attached hydrogens (tertiary/aromatic N) is 1. The molecule has 8 nitrogen and oxygen atoms in total. The van der Waals surface area contributed by atoms with Crippen LogP contribution in [0.2, 0.25) is 0 Å². The lowest BCUT2D eigenvalue weighted by Gasteiger charge is -2.06. The molecule has 9 heteroatoms. The highest BCUT2D eigenvalue weighted by Crippen LogP contribution is 2.15. The van der Waals surface area contributed by atoms with Gasteiger partial charge in [0.15, 0.2) is 0 Å². The van der Waals surface area contributed by atoms with E-state index in [0.29, 0.717) is 11.4 Å². The maximum Gasteiger partial charge on any atom is 0.303 e. The second-order valence-corrected chi connectivity index (χ2v) is 6.08. The third-order valence-electron chi connectivity index (χ3n) is 2.63. The quantitative estimate of drug-likeness (QED) is 0.626. The fraction of sp³-hybridized carbons (Fsp3) is 0.545. The Kier molecular flexibility index (Phi) is 5.40. The second-order valence-electron chi connectivity index (χ2n) is 4.37. The van der Waals surface area contributed by atoms with E-state index in [0.717, 1.165) is 0 Å². The molecule has 0 fully saturated rings. The van der Waals surface area contributed by atoms with Crippen molar-refractivity contribution in [3.63, 3.8) is 0 Å². The van der Waals surface area contributed by atoms with Crippen LogP contribution in [0.5, 0.6) is 0 Å². The van der Waals surface area contributed by atoms with Crippen LogP contribution < -0.4 is 4.72 Å². The molecule has 0 unspecified atom stereocenters. The first-order valence-electron chi connectivity index (χ1n) is 5.98. The van der Waals surface area contributed by atoms with Gasteiger partial charge in [-0.2, -0.15) is 5.10 Å². The van der Waals surface area contributed by atoms with Crippen LogP contribution in [0.3, 0.4) is 0 Å². The van der Waals surface area contributed by atoms with Gasteiger partial charge >= 0.3 is 5.97 Å². The Labute approximate surface area is 116 Å². The molecule has 0 aromatic carbocycles. The molecule has 112 valence electrons. The number of aromatic amines is 1. The highest BCUT2D eigenvalue weighted by molar-refractivity contribution is 7.89. The van der Waals surface area contributed by atoms with Crippen LogP contribution in [0.1, 0.15) is 30.7 Å². The molecule has 1 heterocycles. The first-order chi connectivity index (χ1) is 9.24. The van der Waals surface area contributed by atoms with E-state index in [1.807, 2.05) is 0 Å². The topological polar surface area (TPSA) is 129 Å². The number of ketones is 1. The number of aryl methyl sites for hydroxylation is 2. The molecular weight excluding hydrogens is 286 g/mol. The van der Waals surface area contributed by atoms with Crippen molar-refractivity contribution in [3.8, 4) is 0 Å². The molecule has 0 saturated carbocycles. The summed E-state index contributed by atoms with van der Waals surface area (Å²) in [6.07, 6.45) is 0.107. The fourth-order valence-corrected chi connectivity index (χ4v) is 3.09. The molecule has 1 aromatic heterocycles. The van der Waals surface area contributed by atoms with Crippen molar-refractivity contribution in [2.45, 2.75) is 38.0 Å². The minimum Gasteiger partial charge on any atom is -0.481 e. The number of hydrogen-bond acceptors (Lipinski definition) is 5. The van der Waals surface area contributed by atoms with Gasteiger partial charge in [-0.15, -0.1) is 0 Å². The smallest absolute Gasteiger partial charge is 0.303 e. The number of carbonyl (C=O) groups excluding carboxylic acids is 1. The summed E-state index contributed by atoms with van der Waals surface area (Å²) < 4.78 is 26.2. The van der Waals surface area contributed by atoms with Crippen molar-refractivity contribution in [2.75, 3.05) is 6.54 Å². The number of aromatic nitrogens is 2. The zero-order chi connectivity index (χ0) is 15.3. The summed E-state index contributed by atoms with van der Waals surface area (Å²) in [5, 5.41) is 14.8. The summed E-state index contributed by atoms with van der Waals surface area (Å²) in [6, 6.07) is 0. The molecule has 0 bridgehead atoms. The minimum atomic E-state index is -3.80. The van der Waals surface area contributed by atoms with Gasteiger partial charge in [-0.3, -0.25) is 14.7 Å². The molecule has 0 aliphatic heterocycles. The number of H-pyrrole nitrogens is 1. The van der Waals surface area contributed by atoms with Gasteiger partial charge in [-0.1, -0.05) is 0 Å². The van der Waals surface area contributed by atoms with E-state index in [1.165, 1.54) is 0 Å². The number of carboxylic acid groups (broad SMARTS) is 1. The molecule has 0 atom stereocenters. The Morgan fingerprint density at radius 1 is 1.30 bits per heavy atom. The Morgan fingerprint density at radius 3 is 2.45 bits per heavy atom. The normalized spacial score (nSPS) is 11.5. The largest absolute Gasteiger partial charge is 0.481 e. The number of carboxylic acids is 1. The molecule has 0 saturated heterocycles. The van der Waals surface area contributed by atoms with Crippen LogP contribution in [0, 0.1) is 13.8 Å². The molecule has 1 rings (SSSR count). The second kappa shape index (κ2) is 6.62. The summed E-state index contributed by atoms with van der Waals surface area (Å²) in [5.74, 6) is -1.34. The molecule has 1 aromatic rings. The summed E-state index contributed by atoms with van der Waals surface area (Å²) in [6.45, 7) is 2.77. The van der Waals surface area contributed by atoms with Crippen molar-refractivity contribution in [1.82, 2.24) is 14.9 Å². The Morgan fingerprint density at radius 2 is 1.95 bits per heavy atom. The number of hydrogen-bond donors (Lipinski definition) is 3. The maximum atomic E-state index is 12.0. The van der Waals surface area contributed by atoms with Gasteiger partial charge in [0.2, 0.25) is 10.0 Å². The van der Waals surface area contributed by atoms with E-state index in [9.17, 15) is 18.0 Å². The number of nitrogens with one attached hydrogen (secondary N) is 2. The molecule has 3 N–H and O–H groups in total. The van der Waals surface area contributed by atoms with E-state index < -0.39 is 16.0 Å². The van der Waals surface area contributed by atoms with Crippen LogP contribution in [0.4, 0.5) is 0 Å². The van der Waals surface area contributed by atoms with Gasteiger partial charge in [0.1, 0.15) is 10.7 Å². The monoisotopic (exact) mass is 303 g/mol. The molecule has 0 spiro atoms. The average molecular weight is 303 g/mol. The molecule has 0 aliphatic carbocycles. The van der Waals surface area contributed by atoms with Gasteiger partial charge in [0.05, 0.1) is 17.9 Å². The van der Waals surface area contributed by atoms with E-state index in [-0.39, 0.29) is 36.5 Å². The van der Waals surface area contributed by atoms with Gasteiger partial charge in [0.25, 0.3) is 0 Å². The standard InChI is InChI=1S/C11H17N3O5S/c1-7-11(8(2)14-13-7)20(18,19)12-6-9(15)4-3-5-10(16)17/h12H,3-6H2,1-2H3,(H,13,14)(H,16,17). The minimum absolute atomic E-state index is 0.0260. The van der Waals surface area contributed by atoms with Crippen LogP contribution in [0.25, 0.3) is 0 Å². The lowest BCUT2D eigenvalue weighted by molar-refractivity contribution is -0.137. The lowest BCUT2D eigenvalue weighted by atomic mass is 10.2. The number of rotatable bonds is 8. The number of carbonyl (C=O) groups is 2. The van der Waals surface area contributed by atoms with Crippen LogP contribution in [-0.4, -0.2) is 42.0 Å². The highest BCUT2D eigenvalue weighted by Gasteiger charge is 2.22. The zero-order valence-corrected chi connectivity index (χ0v) is 12.1. The predicted molar refractivity (Wildman–Crippen MR) is 69.7 cm³/mol. The first kappa shape index (κ1) is 16.3. The van der Waals surface area contributed by atoms with E-state index in [2.05, 4.69) is 14.9 Å². The van der Waals surface area contributed by atoms with Gasteiger partial charge < -0.3 is 5.11 Å². The van der Waals surface area contributed by atoms with E-state index in [1.54, 1.807) is 13.8 Å². The van der Waals surface area contributed by atoms with Crippen molar-refractivity contribution in [3.05, 3.63) is 11.4 Å². The summed E-state index contributed by atoms with van der Waals surface area (Å²) >= 11 is 0. The molecule has 0 radical (unpaired) electrons. The fourth-order valence-electron chi connectivity index (χ4n) is 1.71. The van der Waals surface area contributed by atoms with Gasteiger partial charge in [-0.05, 0) is 20.3 Å². The molecule has 0 aliphatic rings. The SMILES string of the molecule is Cc1n[nH]c(C)c1S(=O)(=O)NCC(=O)CCCC(=O)O. The molecule has 0 amide bonds. The van der Waals surface area contributed by atoms with Crippen LogP contribution in [0.15, 0.2) is 4.90 Å². The number of sulfonamides is 1. The maximum absolute atomic E-state index is 12.0. The summed E-state index contributed by atoms with van der Waals surface area (Å²) in [7, 11) is -3.80. The third kappa shape index (κ3) is 4.42. The number of aliphatic carboxylic acids is 1. The van der Waals surface area contributed by atoms with E-state index >= 15 is 0 Å². The highest BCUT2D eigenvalue weighted by atomic mass is 32.2. The van der Waals surface area contributed by atoms with Crippen molar-refractivity contribution < 1.29 is 23.1 Å². The van der Waals surface area contributed by atoms with Gasteiger partial charge in [0, 0.05) is 12.8 Å². The van der Waals surface area contributed by atoms with Crippen LogP contribution >= 0.6 is 0 Å². The van der Waals surface area contributed by atoms with Crippen molar-refractivity contribution in [2.24, 2.45) is 0 Å². The van der Waals surface area contributed by atoms with Crippen molar-refractivity contribution in [1.29, 1.82) is 0 Å². The summed E-state index contributed by atoms with van der Waals surface area (Å²) in [4.78, 5) is 21.8.